The van der Waals surface area contributed by atoms with Gasteiger partial charge < -0.3 is 20.5 Å². The average Bonchev–Trinajstić information content (AvgIpc) is 3.58. The van der Waals surface area contributed by atoms with Crippen molar-refractivity contribution in [3.05, 3.63) is 78.1 Å². The zero-order valence-electron chi connectivity index (χ0n) is 22.1. The number of anilines is 2. The molecule has 0 radical (unpaired) electrons. The number of nitrogens with zero attached hydrogens (tertiary/aromatic N) is 4. The maximum Gasteiger partial charge on any atom is 0.248 e. The van der Waals surface area contributed by atoms with Gasteiger partial charge in [0.1, 0.15) is 0 Å². The van der Waals surface area contributed by atoms with Gasteiger partial charge in [0.05, 0.1) is 21.8 Å². The van der Waals surface area contributed by atoms with Crippen LogP contribution in [0.25, 0.3) is 22.2 Å². The highest BCUT2D eigenvalue weighted by Gasteiger charge is 2.33. The Hall–Kier alpha value is -3.77. The van der Waals surface area contributed by atoms with E-state index in [9.17, 15) is 13.2 Å². The highest BCUT2D eigenvalue weighted by atomic mass is 35.5. The number of amides is 1. The molecule has 208 valence electrons. The first-order valence-corrected chi connectivity index (χ1v) is 14.6. The third-order valence-electron chi connectivity index (χ3n) is 6.57. The highest BCUT2D eigenvalue weighted by molar-refractivity contribution is 7.89. The standard InChI is InChI=1S/C28H30ClN7O3S/c1-35(2)14-5-8-26(37)32-19-9-11-21(12-10-19)40(38,39)36-15-13-20(18-36)33-28-31-17-24(29)27(34-28)23-16-30-25-7-4-3-6-22(23)25/h3-12,16-17,20,30H,13-15,18H2,1-2H3,(H,32,37)(H,31,33,34)/b8-5+/t20-/m1/s1. The van der Waals surface area contributed by atoms with Crippen LogP contribution < -0.4 is 10.6 Å². The third-order valence-corrected chi connectivity index (χ3v) is 8.73. The van der Waals surface area contributed by atoms with Crippen LogP contribution in [0.4, 0.5) is 11.6 Å². The number of aromatic nitrogens is 3. The number of likely N-dealkylation sites (N-methyl/N-ethyl adjacent to an activating group) is 1. The van der Waals surface area contributed by atoms with Crippen LogP contribution in [0.1, 0.15) is 6.42 Å². The Morgan fingerprint density at radius 3 is 2.75 bits per heavy atom. The number of carbonyl (C=O) groups excluding carboxylic acids is 1. The highest BCUT2D eigenvalue weighted by Crippen LogP contribution is 2.32. The first-order valence-electron chi connectivity index (χ1n) is 12.8. The van der Waals surface area contributed by atoms with Crippen LogP contribution in [-0.4, -0.2) is 78.3 Å². The molecule has 0 spiro atoms. The molecule has 1 fully saturated rings. The van der Waals surface area contributed by atoms with E-state index in [2.05, 4.69) is 25.6 Å². The second-order valence-electron chi connectivity index (χ2n) is 9.81. The minimum absolute atomic E-state index is 0.165. The van der Waals surface area contributed by atoms with Gasteiger partial charge in [-0.2, -0.15) is 4.31 Å². The number of H-pyrrole nitrogens is 1. The van der Waals surface area contributed by atoms with Crippen LogP contribution in [0, 0.1) is 0 Å². The molecule has 1 atom stereocenters. The minimum atomic E-state index is -3.71. The third kappa shape index (κ3) is 6.18. The Balaban J connectivity index is 1.23. The average molecular weight is 580 g/mol. The number of nitrogens with one attached hydrogen (secondary N) is 3. The van der Waals surface area contributed by atoms with Crippen LogP contribution in [0.15, 0.2) is 78.0 Å². The molecule has 1 saturated heterocycles. The summed E-state index contributed by atoms with van der Waals surface area (Å²) in [4.78, 5) is 26.4. The van der Waals surface area contributed by atoms with E-state index in [4.69, 9.17) is 11.6 Å². The summed E-state index contributed by atoms with van der Waals surface area (Å²) < 4.78 is 28.0. The first-order chi connectivity index (χ1) is 19.2. The van der Waals surface area contributed by atoms with Crippen molar-refractivity contribution in [1.29, 1.82) is 0 Å². The molecule has 3 N–H and O–H groups in total. The van der Waals surface area contributed by atoms with Gasteiger partial charge in [-0.05, 0) is 50.8 Å². The van der Waals surface area contributed by atoms with E-state index in [0.29, 0.717) is 41.9 Å². The Labute approximate surface area is 238 Å². The number of para-hydroxylation sites is 1. The van der Waals surface area contributed by atoms with Crippen molar-refractivity contribution < 1.29 is 13.2 Å². The van der Waals surface area contributed by atoms with Gasteiger partial charge in [0.15, 0.2) is 0 Å². The molecule has 1 aliphatic heterocycles. The van der Waals surface area contributed by atoms with Gasteiger partial charge >= 0.3 is 0 Å². The van der Waals surface area contributed by atoms with Crippen LogP contribution in [0.2, 0.25) is 5.02 Å². The first kappa shape index (κ1) is 27.8. The molecular weight excluding hydrogens is 550 g/mol. The predicted molar refractivity (Wildman–Crippen MR) is 158 cm³/mol. The van der Waals surface area contributed by atoms with Crippen LogP contribution in [-0.2, 0) is 14.8 Å². The lowest BCUT2D eigenvalue weighted by Gasteiger charge is -2.18. The molecule has 0 saturated carbocycles. The molecule has 0 unspecified atom stereocenters. The van der Waals surface area contributed by atoms with E-state index in [1.54, 1.807) is 24.4 Å². The Kier molecular flexibility index (Phi) is 8.17. The fourth-order valence-electron chi connectivity index (χ4n) is 4.55. The number of halogens is 1. The predicted octanol–water partition coefficient (Wildman–Crippen LogP) is 4.21. The number of hydrogen-bond donors (Lipinski definition) is 3. The smallest absolute Gasteiger partial charge is 0.248 e. The number of carbonyl (C=O) groups is 1. The summed E-state index contributed by atoms with van der Waals surface area (Å²) in [5, 5.41) is 7.44. The zero-order valence-corrected chi connectivity index (χ0v) is 23.7. The number of rotatable bonds is 9. The topological polar surface area (TPSA) is 123 Å². The van der Waals surface area contributed by atoms with Crippen LogP contribution in [0.3, 0.4) is 0 Å². The summed E-state index contributed by atoms with van der Waals surface area (Å²) in [7, 11) is 0.108. The molecule has 4 aromatic rings. The molecule has 10 nitrogen and oxygen atoms in total. The second kappa shape index (κ2) is 11.8. The van der Waals surface area contributed by atoms with E-state index in [1.165, 1.54) is 22.5 Å². The van der Waals surface area contributed by atoms with Gasteiger partial charge in [-0.15, -0.1) is 0 Å². The molecule has 0 bridgehead atoms. The lowest BCUT2D eigenvalue weighted by atomic mass is 10.1. The molecule has 3 heterocycles. The van der Waals surface area contributed by atoms with E-state index < -0.39 is 10.0 Å². The molecule has 2 aromatic carbocycles. The molecule has 0 aliphatic carbocycles. The van der Waals surface area contributed by atoms with Crippen LogP contribution >= 0.6 is 11.6 Å². The second-order valence-corrected chi connectivity index (χ2v) is 12.2. The van der Waals surface area contributed by atoms with Crippen molar-refractivity contribution >= 4 is 50.1 Å². The number of fused-ring (bicyclic) bond motifs is 1. The SMILES string of the molecule is CN(C)C/C=C/C(=O)Nc1ccc(S(=O)(=O)N2CC[C@@H](Nc3ncc(Cl)c(-c4c[nH]c5ccccc45)n3)C2)cc1. The van der Waals surface area contributed by atoms with Gasteiger partial charge in [0.2, 0.25) is 21.9 Å². The molecule has 40 heavy (non-hydrogen) atoms. The Morgan fingerprint density at radius 2 is 1.98 bits per heavy atom. The van der Waals surface area contributed by atoms with Crippen molar-refractivity contribution in [2.75, 3.05) is 44.4 Å². The monoisotopic (exact) mass is 579 g/mol. The molecule has 1 amide bonds. The molecular formula is C28H30ClN7O3S. The van der Waals surface area contributed by atoms with Crippen molar-refractivity contribution in [2.45, 2.75) is 17.4 Å². The van der Waals surface area contributed by atoms with Crippen molar-refractivity contribution in [3.8, 4) is 11.3 Å². The fourth-order valence-corrected chi connectivity index (χ4v) is 6.25. The Bertz CT molecular complexity index is 1650. The van der Waals surface area contributed by atoms with Crippen molar-refractivity contribution in [3.63, 3.8) is 0 Å². The molecule has 1 aliphatic rings. The zero-order chi connectivity index (χ0) is 28.3. The number of sulfonamides is 1. The fraction of sp³-hybridized carbons (Fsp3) is 0.250. The number of benzene rings is 2. The van der Waals surface area contributed by atoms with E-state index in [0.717, 1.165) is 16.5 Å². The van der Waals surface area contributed by atoms with Gasteiger partial charge in [-0.1, -0.05) is 35.9 Å². The maximum absolute atomic E-state index is 13.3. The quantitative estimate of drug-likeness (QED) is 0.254. The van der Waals surface area contributed by atoms with Gasteiger partial charge in [-0.3, -0.25) is 4.79 Å². The molecule has 5 rings (SSSR count). The normalized spacial score (nSPS) is 16.2. The van der Waals surface area contributed by atoms with E-state index in [-0.39, 0.29) is 23.4 Å². The summed E-state index contributed by atoms with van der Waals surface area (Å²) >= 11 is 6.45. The van der Waals surface area contributed by atoms with Crippen LogP contribution in [0.5, 0.6) is 0 Å². The van der Waals surface area contributed by atoms with E-state index >= 15 is 0 Å². The minimum Gasteiger partial charge on any atom is -0.360 e. The number of aromatic amines is 1. The summed E-state index contributed by atoms with van der Waals surface area (Å²) in [6.45, 7) is 1.27. The molecule has 2 aromatic heterocycles. The summed E-state index contributed by atoms with van der Waals surface area (Å²) in [5.41, 5.74) is 2.96. The van der Waals surface area contributed by atoms with Crippen molar-refractivity contribution in [1.82, 2.24) is 24.2 Å². The lowest BCUT2D eigenvalue weighted by Crippen LogP contribution is -2.32. The van der Waals surface area contributed by atoms with E-state index in [1.807, 2.05) is 49.5 Å². The largest absolute Gasteiger partial charge is 0.360 e. The summed E-state index contributed by atoms with van der Waals surface area (Å²) in [6, 6.07) is 13.9. The summed E-state index contributed by atoms with van der Waals surface area (Å²) in [5.74, 6) is 0.108. The maximum atomic E-state index is 13.3. The number of hydrogen-bond acceptors (Lipinski definition) is 7. The van der Waals surface area contributed by atoms with Gasteiger partial charge in [-0.25, -0.2) is 18.4 Å². The lowest BCUT2D eigenvalue weighted by molar-refractivity contribution is -0.111. The van der Waals surface area contributed by atoms with Gasteiger partial charge in [0.25, 0.3) is 0 Å². The Morgan fingerprint density at radius 1 is 1.20 bits per heavy atom. The van der Waals surface area contributed by atoms with Crippen molar-refractivity contribution in [2.24, 2.45) is 0 Å². The molecule has 12 heteroatoms. The van der Waals surface area contributed by atoms with Gasteiger partial charge in [0, 0.05) is 60.1 Å². The summed E-state index contributed by atoms with van der Waals surface area (Å²) in [6.07, 6.45) is 7.22.